The summed E-state index contributed by atoms with van der Waals surface area (Å²) in [6.07, 6.45) is 3.27. The van der Waals surface area contributed by atoms with E-state index < -0.39 is 0 Å². The number of benzene rings is 2. The monoisotopic (exact) mass is 398 g/mol. The Bertz CT molecular complexity index is 799. The molecule has 1 fully saturated rings. The second-order valence-corrected chi connectivity index (χ2v) is 7.39. The Balaban J connectivity index is 1.47. The van der Waals surface area contributed by atoms with Crippen LogP contribution < -0.4 is 19.5 Å². The van der Waals surface area contributed by atoms with Crippen molar-refractivity contribution in [1.82, 2.24) is 4.90 Å². The van der Waals surface area contributed by atoms with Gasteiger partial charge in [0, 0.05) is 6.07 Å². The minimum absolute atomic E-state index is 0.0369. The molecule has 3 rings (SSSR count). The standard InChI is InChI=1S/C23H30N2O4/c1-27-19-6-4-17(5-7-19)14-18-10-12-25(13-11-18)16-23(26)24-21-15-20(28-2)8-9-22(21)29-3/h4-9,15,18H,10-14,16H2,1-3H3,(H,24,26). The molecule has 1 heterocycles. The molecule has 0 radical (unpaired) electrons. The summed E-state index contributed by atoms with van der Waals surface area (Å²) >= 11 is 0. The van der Waals surface area contributed by atoms with E-state index in [-0.39, 0.29) is 5.91 Å². The highest BCUT2D eigenvalue weighted by Crippen LogP contribution is 2.29. The van der Waals surface area contributed by atoms with Crippen molar-refractivity contribution in [2.24, 2.45) is 5.92 Å². The minimum Gasteiger partial charge on any atom is -0.497 e. The first-order valence-corrected chi connectivity index (χ1v) is 9.98. The van der Waals surface area contributed by atoms with Gasteiger partial charge >= 0.3 is 0 Å². The van der Waals surface area contributed by atoms with Crippen molar-refractivity contribution >= 4 is 11.6 Å². The summed E-state index contributed by atoms with van der Waals surface area (Å²) in [4.78, 5) is 14.7. The van der Waals surface area contributed by atoms with E-state index in [0.29, 0.717) is 29.6 Å². The molecular weight excluding hydrogens is 368 g/mol. The van der Waals surface area contributed by atoms with Crippen LogP contribution in [0.2, 0.25) is 0 Å². The summed E-state index contributed by atoms with van der Waals surface area (Å²) in [6.45, 7) is 2.25. The zero-order chi connectivity index (χ0) is 20.6. The van der Waals surface area contributed by atoms with E-state index in [1.54, 1.807) is 33.5 Å². The summed E-state index contributed by atoms with van der Waals surface area (Å²) in [5.41, 5.74) is 1.97. The smallest absolute Gasteiger partial charge is 0.238 e. The van der Waals surface area contributed by atoms with Gasteiger partial charge in [-0.1, -0.05) is 12.1 Å². The number of anilines is 1. The Morgan fingerprint density at radius 2 is 1.62 bits per heavy atom. The molecule has 0 unspecified atom stereocenters. The zero-order valence-electron chi connectivity index (χ0n) is 17.4. The average molecular weight is 399 g/mol. The van der Waals surface area contributed by atoms with E-state index in [1.165, 1.54) is 5.56 Å². The van der Waals surface area contributed by atoms with Crippen molar-refractivity contribution in [3.63, 3.8) is 0 Å². The topological polar surface area (TPSA) is 60.0 Å². The van der Waals surface area contributed by atoms with Crippen molar-refractivity contribution in [1.29, 1.82) is 0 Å². The van der Waals surface area contributed by atoms with Gasteiger partial charge < -0.3 is 19.5 Å². The van der Waals surface area contributed by atoms with Crippen molar-refractivity contribution in [3.05, 3.63) is 48.0 Å². The lowest BCUT2D eigenvalue weighted by Gasteiger charge is -2.31. The molecule has 6 heteroatoms. The summed E-state index contributed by atoms with van der Waals surface area (Å²) in [5.74, 6) is 2.81. The minimum atomic E-state index is -0.0369. The molecular formula is C23H30N2O4. The van der Waals surface area contributed by atoms with Gasteiger partial charge in [0.1, 0.15) is 17.2 Å². The molecule has 2 aromatic rings. The fourth-order valence-corrected chi connectivity index (χ4v) is 3.75. The molecule has 0 aromatic heterocycles. The van der Waals surface area contributed by atoms with Gasteiger partial charge in [-0.05, 0) is 68.1 Å². The largest absolute Gasteiger partial charge is 0.497 e. The number of carbonyl (C=O) groups excluding carboxylic acids is 1. The molecule has 1 N–H and O–H groups in total. The second kappa shape index (κ2) is 10.2. The predicted octanol–water partition coefficient (Wildman–Crippen LogP) is 3.61. The molecule has 1 aliphatic heterocycles. The molecule has 0 saturated carbocycles. The van der Waals surface area contributed by atoms with Crippen LogP contribution in [0.1, 0.15) is 18.4 Å². The SMILES string of the molecule is COc1ccc(CC2CCN(CC(=O)Nc3cc(OC)ccc3OC)CC2)cc1. The van der Waals surface area contributed by atoms with E-state index in [1.807, 2.05) is 18.2 Å². The maximum absolute atomic E-state index is 12.5. The Kier molecular flexibility index (Phi) is 7.36. The van der Waals surface area contributed by atoms with Crippen LogP contribution in [0.5, 0.6) is 17.2 Å². The number of nitrogens with zero attached hydrogens (tertiary/aromatic N) is 1. The lowest BCUT2D eigenvalue weighted by Crippen LogP contribution is -2.39. The average Bonchev–Trinajstić information content (AvgIpc) is 2.75. The predicted molar refractivity (Wildman–Crippen MR) is 114 cm³/mol. The molecule has 156 valence electrons. The molecule has 1 amide bonds. The number of hydrogen-bond donors (Lipinski definition) is 1. The number of hydrogen-bond acceptors (Lipinski definition) is 5. The third-order valence-corrected chi connectivity index (χ3v) is 5.44. The van der Waals surface area contributed by atoms with Crippen molar-refractivity contribution in [3.8, 4) is 17.2 Å². The van der Waals surface area contributed by atoms with Crippen LogP contribution in [0.15, 0.2) is 42.5 Å². The first-order chi connectivity index (χ1) is 14.1. The number of ether oxygens (including phenoxy) is 3. The lowest BCUT2D eigenvalue weighted by molar-refractivity contribution is -0.117. The first kappa shape index (κ1) is 21.0. The molecule has 2 aromatic carbocycles. The molecule has 0 bridgehead atoms. The van der Waals surface area contributed by atoms with Gasteiger partial charge in [-0.3, -0.25) is 9.69 Å². The first-order valence-electron chi connectivity index (χ1n) is 9.98. The Labute approximate surface area is 172 Å². The van der Waals surface area contributed by atoms with Gasteiger partial charge in [0.15, 0.2) is 0 Å². The van der Waals surface area contributed by atoms with Crippen LogP contribution >= 0.6 is 0 Å². The molecule has 6 nitrogen and oxygen atoms in total. The van der Waals surface area contributed by atoms with Gasteiger partial charge in [-0.2, -0.15) is 0 Å². The summed E-state index contributed by atoms with van der Waals surface area (Å²) in [7, 11) is 4.87. The number of amides is 1. The van der Waals surface area contributed by atoms with Gasteiger partial charge in [-0.25, -0.2) is 0 Å². The van der Waals surface area contributed by atoms with Gasteiger partial charge in [-0.15, -0.1) is 0 Å². The number of methoxy groups -OCH3 is 3. The van der Waals surface area contributed by atoms with Gasteiger partial charge in [0.25, 0.3) is 0 Å². The highest BCUT2D eigenvalue weighted by molar-refractivity contribution is 5.94. The maximum atomic E-state index is 12.5. The van der Waals surface area contributed by atoms with Crippen LogP contribution in [-0.2, 0) is 11.2 Å². The maximum Gasteiger partial charge on any atom is 0.238 e. The lowest BCUT2D eigenvalue weighted by atomic mass is 9.90. The molecule has 1 aliphatic rings. The van der Waals surface area contributed by atoms with E-state index in [4.69, 9.17) is 14.2 Å². The van der Waals surface area contributed by atoms with Crippen LogP contribution in [-0.4, -0.2) is 51.8 Å². The Morgan fingerprint density at radius 1 is 0.966 bits per heavy atom. The normalized spacial score (nSPS) is 15.0. The molecule has 0 atom stereocenters. The second-order valence-electron chi connectivity index (χ2n) is 7.39. The number of carbonyl (C=O) groups is 1. The summed E-state index contributed by atoms with van der Waals surface area (Å²) < 4.78 is 15.8. The van der Waals surface area contributed by atoms with Crippen LogP contribution in [0.4, 0.5) is 5.69 Å². The van der Waals surface area contributed by atoms with Crippen molar-refractivity contribution in [2.45, 2.75) is 19.3 Å². The van der Waals surface area contributed by atoms with Crippen molar-refractivity contribution in [2.75, 3.05) is 46.3 Å². The molecule has 29 heavy (non-hydrogen) atoms. The molecule has 0 spiro atoms. The number of nitrogens with one attached hydrogen (secondary N) is 1. The Hall–Kier alpha value is -2.73. The summed E-state index contributed by atoms with van der Waals surface area (Å²) in [5, 5.41) is 2.95. The fraction of sp³-hybridized carbons (Fsp3) is 0.435. The molecule has 1 saturated heterocycles. The van der Waals surface area contributed by atoms with Crippen LogP contribution in [0.3, 0.4) is 0 Å². The number of piperidine rings is 1. The van der Waals surface area contributed by atoms with E-state index >= 15 is 0 Å². The van der Waals surface area contributed by atoms with Crippen molar-refractivity contribution < 1.29 is 19.0 Å². The number of rotatable bonds is 8. The Morgan fingerprint density at radius 3 is 2.24 bits per heavy atom. The fourth-order valence-electron chi connectivity index (χ4n) is 3.75. The van der Waals surface area contributed by atoms with Gasteiger partial charge in [0.05, 0.1) is 33.6 Å². The highest BCUT2D eigenvalue weighted by atomic mass is 16.5. The van der Waals surface area contributed by atoms with E-state index in [9.17, 15) is 4.79 Å². The van der Waals surface area contributed by atoms with E-state index in [0.717, 1.165) is 38.1 Å². The quantitative estimate of drug-likeness (QED) is 0.736. The third kappa shape index (κ3) is 5.87. The van der Waals surface area contributed by atoms with E-state index in [2.05, 4.69) is 22.3 Å². The summed E-state index contributed by atoms with van der Waals surface area (Å²) in [6, 6.07) is 13.7. The zero-order valence-corrected chi connectivity index (χ0v) is 17.4. The third-order valence-electron chi connectivity index (χ3n) is 5.44. The number of likely N-dealkylation sites (tertiary alicyclic amines) is 1. The highest BCUT2D eigenvalue weighted by Gasteiger charge is 2.21. The van der Waals surface area contributed by atoms with Gasteiger partial charge in [0.2, 0.25) is 5.91 Å². The van der Waals surface area contributed by atoms with Crippen LogP contribution in [0.25, 0.3) is 0 Å². The molecule has 0 aliphatic carbocycles. The van der Waals surface area contributed by atoms with Crippen LogP contribution in [0, 0.1) is 5.92 Å².